The number of hydrogen-bond acceptors (Lipinski definition) is 4. The van der Waals surface area contributed by atoms with Crippen LogP contribution < -0.4 is 15.8 Å². The van der Waals surface area contributed by atoms with E-state index in [2.05, 4.69) is 10.3 Å². The first-order valence-electron chi connectivity index (χ1n) is 5.73. The fourth-order valence-corrected chi connectivity index (χ4v) is 2.31. The van der Waals surface area contributed by atoms with Crippen molar-refractivity contribution in [1.82, 2.24) is 4.98 Å². The van der Waals surface area contributed by atoms with Gasteiger partial charge in [-0.15, -0.1) is 0 Å². The summed E-state index contributed by atoms with van der Waals surface area (Å²) in [5.74, 6) is 0.578. The third-order valence-corrected chi connectivity index (χ3v) is 3.39. The highest BCUT2D eigenvalue weighted by molar-refractivity contribution is 6.32. The van der Waals surface area contributed by atoms with Crippen LogP contribution >= 0.6 is 23.2 Å². The van der Waals surface area contributed by atoms with Crippen LogP contribution in [0.15, 0.2) is 30.6 Å². The monoisotopic (exact) mass is 309 g/mol. The Morgan fingerprint density at radius 3 is 2.80 bits per heavy atom. The number of halogens is 2. The maximum atomic E-state index is 11.5. The van der Waals surface area contributed by atoms with Crippen LogP contribution in [0.25, 0.3) is 0 Å². The molecule has 20 heavy (non-hydrogen) atoms. The van der Waals surface area contributed by atoms with E-state index in [1.165, 1.54) is 12.4 Å². The summed E-state index contributed by atoms with van der Waals surface area (Å²) in [5, 5.41) is 3.48. The molecule has 1 aromatic heterocycles. The number of carbonyl (C=O) groups excluding carboxylic acids is 1. The highest BCUT2D eigenvalue weighted by Gasteiger charge is 2.28. The van der Waals surface area contributed by atoms with Crippen LogP contribution in [-0.2, 0) is 4.79 Å². The molecule has 0 bridgehead atoms. The number of pyridine rings is 1. The molecular weight excluding hydrogens is 301 g/mol. The van der Waals surface area contributed by atoms with Gasteiger partial charge in [0.15, 0.2) is 0 Å². The summed E-state index contributed by atoms with van der Waals surface area (Å²) in [6, 6.07) is 4.16. The number of ether oxygens (including phenoxy) is 1. The summed E-state index contributed by atoms with van der Waals surface area (Å²) >= 11 is 12.0. The van der Waals surface area contributed by atoms with Crippen molar-refractivity contribution in [1.29, 1.82) is 0 Å². The number of fused-ring (bicyclic) bond motifs is 1. The van der Waals surface area contributed by atoms with Gasteiger partial charge in [-0.05, 0) is 6.07 Å². The van der Waals surface area contributed by atoms with Crippen molar-refractivity contribution in [3.63, 3.8) is 0 Å². The molecule has 1 aliphatic rings. The fraction of sp³-hybridized carbons (Fsp3) is 0.0769. The normalized spacial score (nSPS) is 16.8. The molecule has 5 nitrogen and oxygen atoms in total. The van der Waals surface area contributed by atoms with E-state index in [9.17, 15) is 4.79 Å². The van der Waals surface area contributed by atoms with Gasteiger partial charge in [0.25, 0.3) is 0 Å². The van der Waals surface area contributed by atoms with Crippen LogP contribution in [0.1, 0.15) is 11.6 Å². The number of nitrogens with one attached hydrogen (secondary N) is 1. The average molecular weight is 310 g/mol. The highest BCUT2D eigenvalue weighted by Crippen LogP contribution is 2.39. The number of anilines is 1. The van der Waals surface area contributed by atoms with Crippen molar-refractivity contribution in [2.24, 2.45) is 5.73 Å². The Labute approximate surface area is 124 Å². The van der Waals surface area contributed by atoms with Crippen molar-refractivity contribution in [3.8, 4) is 11.5 Å². The fourth-order valence-electron chi connectivity index (χ4n) is 1.94. The number of amides is 1. The smallest absolute Gasteiger partial charge is 0.245 e. The molecule has 1 aromatic carbocycles. The third-order valence-electron chi connectivity index (χ3n) is 2.89. The molecular formula is C13H9Cl2N3O2. The molecule has 1 amide bonds. The first-order chi connectivity index (χ1) is 9.54. The molecule has 0 saturated heterocycles. The van der Waals surface area contributed by atoms with E-state index >= 15 is 0 Å². The minimum absolute atomic E-state index is 0.266. The molecule has 0 aliphatic carbocycles. The lowest BCUT2D eigenvalue weighted by Crippen LogP contribution is -2.19. The number of aromatic nitrogens is 1. The van der Waals surface area contributed by atoms with Gasteiger partial charge in [-0.2, -0.15) is 0 Å². The van der Waals surface area contributed by atoms with E-state index in [4.69, 9.17) is 33.7 Å². The van der Waals surface area contributed by atoms with E-state index in [0.717, 1.165) is 0 Å². The first-order valence-corrected chi connectivity index (χ1v) is 6.48. The van der Waals surface area contributed by atoms with Gasteiger partial charge in [0.05, 0.1) is 16.2 Å². The van der Waals surface area contributed by atoms with E-state index in [-0.39, 0.29) is 5.91 Å². The van der Waals surface area contributed by atoms with Gasteiger partial charge < -0.3 is 15.8 Å². The second-order valence-electron chi connectivity index (χ2n) is 4.28. The van der Waals surface area contributed by atoms with Crippen molar-refractivity contribution >= 4 is 34.8 Å². The molecule has 2 aromatic rings. The van der Waals surface area contributed by atoms with E-state index < -0.39 is 6.04 Å². The van der Waals surface area contributed by atoms with Gasteiger partial charge in [0, 0.05) is 29.6 Å². The summed E-state index contributed by atoms with van der Waals surface area (Å²) in [6.45, 7) is 0. The van der Waals surface area contributed by atoms with Crippen LogP contribution in [0, 0.1) is 0 Å². The summed E-state index contributed by atoms with van der Waals surface area (Å²) in [6.07, 6.45) is 3.01. The van der Waals surface area contributed by atoms with Crippen LogP contribution in [0.3, 0.4) is 0 Å². The SMILES string of the molecule is NC1C(=O)Nc2cc(Oc3cncc(Cl)c3)c(Cl)cc21. The van der Waals surface area contributed by atoms with Gasteiger partial charge in [0.2, 0.25) is 5.91 Å². The Balaban J connectivity index is 1.96. The molecule has 0 spiro atoms. The molecule has 0 saturated carbocycles. The van der Waals surface area contributed by atoms with Gasteiger partial charge in [-0.1, -0.05) is 23.2 Å². The predicted octanol–water partition coefficient (Wildman–Crippen LogP) is 3.13. The second kappa shape index (κ2) is 4.94. The number of carbonyl (C=O) groups is 1. The Morgan fingerprint density at radius 1 is 1.25 bits per heavy atom. The van der Waals surface area contributed by atoms with Crippen LogP contribution in [0.2, 0.25) is 10.0 Å². The summed E-state index contributed by atoms with van der Waals surface area (Å²) < 4.78 is 5.61. The largest absolute Gasteiger partial charge is 0.454 e. The van der Waals surface area contributed by atoms with Crippen LogP contribution in [-0.4, -0.2) is 10.9 Å². The van der Waals surface area contributed by atoms with Crippen LogP contribution in [0.4, 0.5) is 5.69 Å². The molecule has 1 unspecified atom stereocenters. The third kappa shape index (κ3) is 2.31. The number of nitrogens with two attached hydrogens (primary N) is 1. The zero-order valence-electron chi connectivity index (χ0n) is 10.1. The zero-order valence-corrected chi connectivity index (χ0v) is 11.6. The molecule has 1 aliphatic heterocycles. The summed E-state index contributed by atoms with van der Waals surface area (Å²) in [5.41, 5.74) is 6.99. The number of hydrogen-bond donors (Lipinski definition) is 2. The summed E-state index contributed by atoms with van der Waals surface area (Å²) in [4.78, 5) is 15.4. The average Bonchev–Trinajstić information content (AvgIpc) is 2.66. The lowest BCUT2D eigenvalue weighted by Gasteiger charge is -2.10. The maximum absolute atomic E-state index is 11.5. The molecule has 102 valence electrons. The Hall–Kier alpha value is -1.82. The second-order valence-corrected chi connectivity index (χ2v) is 5.12. The topological polar surface area (TPSA) is 77.2 Å². The molecule has 0 fully saturated rings. The minimum Gasteiger partial charge on any atom is -0.454 e. The molecule has 1 atom stereocenters. The van der Waals surface area contributed by atoms with E-state index in [0.29, 0.717) is 32.8 Å². The number of rotatable bonds is 2. The lowest BCUT2D eigenvalue weighted by molar-refractivity contribution is -0.116. The Morgan fingerprint density at radius 2 is 2.05 bits per heavy atom. The Kier molecular flexibility index (Phi) is 3.25. The molecule has 2 heterocycles. The zero-order chi connectivity index (χ0) is 14.3. The van der Waals surface area contributed by atoms with Crippen molar-refractivity contribution < 1.29 is 9.53 Å². The Bertz CT molecular complexity index is 706. The van der Waals surface area contributed by atoms with E-state index in [1.54, 1.807) is 18.2 Å². The molecule has 3 rings (SSSR count). The predicted molar refractivity (Wildman–Crippen MR) is 76.3 cm³/mol. The quantitative estimate of drug-likeness (QED) is 0.893. The number of benzene rings is 1. The molecule has 0 radical (unpaired) electrons. The summed E-state index contributed by atoms with van der Waals surface area (Å²) in [7, 11) is 0. The van der Waals surface area contributed by atoms with Crippen molar-refractivity contribution in [2.75, 3.05) is 5.32 Å². The first kappa shape index (κ1) is 13.2. The lowest BCUT2D eigenvalue weighted by atomic mass is 10.1. The van der Waals surface area contributed by atoms with Gasteiger partial charge in [0.1, 0.15) is 17.5 Å². The van der Waals surface area contributed by atoms with E-state index in [1.807, 2.05) is 0 Å². The van der Waals surface area contributed by atoms with Crippen molar-refractivity contribution in [3.05, 3.63) is 46.2 Å². The van der Waals surface area contributed by atoms with Crippen LogP contribution in [0.5, 0.6) is 11.5 Å². The van der Waals surface area contributed by atoms with Gasteiger partial charge in [-0.25, -0.2) is 0 Å². The molecule has 3 N–H and O–H groups in total. The minimum atomic E-state index is -0.704. The van der Waals surface area contributed by atoms with Gasteiger partial charge in [-0.3, -0.25) is 9.78 Å². The van der Waals surface area contributed by atoms with Gasteiger partial charge >= 0.3 is 0 Å². The van der Waals surface area contributed by atoms with Crippen molar-refractivity contribution in [2.45, 2.75) is 6.04 Å². The highest BCUT2D eigenvalue weighted by atomic mass is 35.5. The maximum Gasteiger partial charge on any atom is 0.245 e. The number of nitrogens with zero attached hydrogens (tertiary/aromatic N) is 1. The molecule has 7 heteroatoms. The standard InChI is InChI=1S/C13H9Cl2N3O2/c14-6-1-7(5-17-4-6)20-11-3-10-8(2-9(11)15)12(16)13(19)18-10/h1-5,12H,16H2,(H,18,19).